The Morgan fingerprint density at radius 1 is 1.12 bits per heavy atom. The molecule has 0 atom stereocenters. The Hall–Kier alpha value is -2.58. The quantitative estimate of drug-likeness (QED) is 0.740. The molecule has 24 heavy (non-hydrogen) atoms. The number of nitrogens with zero attached hydrogens (tertiary/aromatic N) is 2. The van der Waals surface area contributed by atoms with Gasteiger partial charge in [-0.1, -0.05) is 29.5 Å². The van der Waals surface area contributed by atoms with Gasteiger partial charge in [0.25, 0.3) is 0 Å². The number of nitrogens with one attached hydrogen (secondary N) is 1. The number of aliphatic hydroxyl groups is 1. The fraction of sp³-hybridized carbons (Fsp3) is 0.368. The topological polar surface area (TPSA) is 84.1 Å². The molecule has 0 bridgehead atoms. The molecule has 1 heterocycles. The average molecular weight is 322 g/mol. The lowest BCUT2D eigenvalue weighted by Crippen LogP contribution is -2.29. The van der Waals surface area contributed by atoms with Gasteiger partial charge in [0, 0.05) is 11.6 Å². The fourth-order valence-corrected chi connectivity index (χ4v) is 2.79. The molecule has 5 nitrogen and oxygen atoms in total. The van der Waals surface area contributed by atoms with E-state index in [0.29, 0.717) is 5.82 Å². The van der Waals surface area contributed by atoms with Crippen molar-refractivity contribution in [3.8, 4) is 11.8 Å². The van der Waals surface area contributed by atoms with Crippen LogP contribution in [0.1, 0.15) is 42.4 Å². The summed E-state index contributed by atoms with van der Waals surface area (Å²) >= 11 is 0. The van der Waals surface area contributed by atoms with Crippen LogP contribution in [0.2, 0.25) is 0 Å². The van der Waals surface area contributed by atoms with Crippen LogP contribution in [-0.2, 0) is 0 Å². The number of aliphatic hydroxyl groups excluding tert-OH is 1. The van der Waals surface area contributed by atoms with Gasteiger partial charge in [0.05, 0.1) is 17.9 Å². The van der Waals surface area contributed by atoms with Crippen LogP contribution < -0.4 is 11.1 Å². The van der Waals surface area contributed by atoms with Crippen LogP contribution in [-0.4, -0.2) is 27.2 Å². The zero-order valence-electron chi connectivity index (χ0n) is 13.8. The number of nitrogen functional groups attached to an aromatic ring is 1. The molecule has 1 aromatic heterocycles. The first-order valence-corrected chi connectivity index (χ1v) is 8.26. The van der Waals surface area contributed by atoms with Crippen LogP contribution in [0.3, 0.4) is 0 Å². The van der Waals surface area contributed by atoms with E-state index < -0.39 is 0 Å². The highest BCUT2D eigenvalue weighted by Crippen LogP contribution is 2.23. The van der Waals surface area contributed by atoms with Crippen LogP contribution in [0.4, 0.5) is 11.8 Å². The first-order chi connectivity index (χ1) is 11.6. The molecule has 0 radical (unpaired) electrons. The monoisotopic (exact) mass is 322 g/mol. The van der Waals surface area contributed by atoms with Gasteiger partial charge in [-0.3, -0.25) is 0 Å². The van der Waals surface area contributed by atoms with Crippen molar-refractivity contribution in [3.05, 3.63) is 47.2 Å². The van der Waals surface area contributed by atoms with Gasteiger partial charge < -0.3 is 16.2 Å². The van der Waals surface area contributed by atoms with E-state index in [0.717, 1.165) is 36.8 Å². The summed E-state index contributed by atoms with van der Waals surface area (Å²) in [6.07, 6.45) is 4.92. The van der Waals surface area contributed by atoms with E-state index in [9.17, 15) is 5.11 Å². The normalized spacial score (nSPS) is 20.1. The van der Waals surface area contributed by atoms with Crippen molar-refractivity contribution < 1.29 is 5.11 Å². The number of aryl methyl sites for hydroxylation is 1. The minimum atomic E-state index is -0.181. The smallest absolute Gasteiger partial charge is 0.222 e. The number of rotatable bonds is 2. The lowest BCUT2D eigenvalue weighted by atomic mass is 9.93. The molecule has 5 heteroatoms. The zero-order chi connectivity index (χ0) is 16.9. The van der Waals surface area contributed by atoms with Crippen molar-refractivity contribution in [2.45, 2.75) is 44.8 Å². The number of anilines is 2. The highest BCUT2D eigenvalue weighted by atomic mass is 16.3. The molecule has 0 aliphatic heterocycles. The third kappa shape index (κ3) is 4.24. The summed E-state index contributed by atoms with van der Waals surface area (Å²) in [5, 5.41) is 13.0. The molecule has 0 unspecified atom stereocenters. The molecule has 4 N–H and O–H groups in total. The summed E-state index contributed by atoms with van der Waals surface area (Å²) in [5.41, 5.74) is 8.62. The minimum Gasteiger partial charge on any atom is -0.393 e. The Balaban J connectivity index is 1.79. The average Bonchev–Trinajstić information content (AvgIpc) is 2.58. The fourth-order valence-electron chi connectivity index (χ4n) is 2.79. The predicted octanol–water partition coefficient (Wildman–Crippen LogP) is 2.48. The largest absolute Gasteiger partial charge is 0.393 e. The molecular formula is C19H22N4O. The minimum absolute atomic E-state index is 0.181. The lowest BCUT2D eigenvalue weighted by Gasteiger charge is -2.26. The van der Waals surface area contributed by atoms with Crippen LogP contribution >= 0.6 is 0 Å². The van der Waals surface area contributed by atoms with Gasteiger partial charge in [0.15, 0.2) is 0 Å². The van der Waals surface area contributed by atoms with Gasteiger partial charge in [-0.05, 0) is 44.7 Å². The lowest BCUT2D eigenvalue weighted by molar-refractivity contribution is 0.126. The van der Waals surface area contributed by atoms with Crippen molar-refractivity contribution in [1.29, 1.82) is 0 Å². The van der Waals surface area contributed by atoms with E-state index in [2.05, 4.69) is 27.1 Å². The number of nitrogens with two attached hydrogens (primary N) is 1. The predicted molar refractivity (Wildman–Crippen MR) is 95.5 cm³/mol. The molecule has 1 aliphatic carbocycles. The second kappa shape index (κ2) is 7.33. The Bertz CT molecular complexity index is 753. The maximum absolute atomic E-state index is 9.63. The summed E-state index contributed by atoms with van der Waals surface area (Å²) in [6.45, 7) is 2.05. The molecule has 1 saturated carbocycles. The summed E-state index contributed by atoms with van der Waals surface area (Å²) in [4.78, 5) is 8.36. The number of hydrogen-bond donors (Lipinski definition) is 3. The van der Waals surface area contributed by atoms with E-state index in [1.807, 2.05) is 31.2 Å². The van der Waals surface area contributed by atoms with Gasteiger partial charge in [0.2, 0.25) is 5.95 Å². The molecule has 1 aliphatic rings. The highest BCUT2D eigenvalue weighted by Gasteiger charge is 2.20. The summed E-state index contributed by atoms with van der Waals surface area (Å²) in [6, 6.07) is 8.35. The molecule has 3 rings (SSSR count). The molecule has 1 aromatic carbocycles. The maximum atomic E-state index is 9.63. The third-order valence-corrected chi connectivity index (χ3v) is 4.24. The Labute approximate surface area is 142 Å². The van der Waals surface area contributed by atoms with Crippen LogP contribution in [0.5, 0.6) is 0 Å². The van der Waals surface area contributed by atoms with E-state index in [1.54, 1.807) is 6.20 Å². The van der Waals surface area contributed by atoms with E-state index in [-0.39, 0.29) is 18.1 Å². The maximum Gasteiger partial charge on any atom is 0.222 e. The van der Waals surface area contributed by atoms with Crippen LogP contribution in [0, 0.1) is 18.8 Å². The van der Waals surface area contributed by atoms with E-state index in [1.165, 1.54) is 5.56 Å². The van der Waals surface area contributed by atoms with Gasteiger partial charge in [-0.25, -0.2) is 4.98 Å². The molecule has 2 aromatic rings. The third-order valence-electron chi connectivity index (χ3n) is 4.24. The Morgan fingerprint density at radius 3 is 2.54 bits per heavy atom. The Kier molecular flexibility index (Phi) is 4.97. The van der Waals surface area contributed by atoms with Crippen molar-refractivity contribution in [1.82, 2.24) is 9.97 Å². The zero-order valence-corrected chi connectivity index (χ0v) is 13.8. The second-order valence-electron chi connectivity index (χ2n) is 6.26. The van der Waals surface area contributed by atoms with E-state index >= 15 is 0 Å². The standard InChI is InChI=1S/C19H22N4O/c1-13-2-4-14(5-3-13)6-7-15-12-21-19(20)23-18(15)22-16-8-10-17(24)11-9-16/h2-5,12,16-17,24H,8-11H2,1H3,(H3,20,21,22,23). The first-order valence-electron chi connectivity index (χ1n) is 8.26. The molecule has 1 fully saturated rings. The molecular weight excluding hydrogens is 300 g/mol. The number of benzene rings is 1. The SMILES string of the molecule is Cc1ccc(C#Cc2cnc(N)nc2NC2CCC(O)CC2)cc1. The van der Waals surface area contributed by atoms with Crippen molar-refractivity contribution >= 4 is 11.8 Å². The van der Waals surface area contributed by atoms with Gasteiger partial charge in [-0.2, -0.15) is 4.98 Å². The van der Waals surface area contributed by atoms with Crippen molar-refractivity contribution in [3.63, 3.8) is 0 Å². The van der Waals surface area contributed by atoms with Crippen LogP contribution in [0.15, 0.2) is 30.5 Å². The molecule has 124 valence electrons. The van der Waals surface area contributed by atoms with Crippen molar-refractivity contribution in [2.75, 3.05) is 11.1 Å². The second-order valence-corrected chi connectivity index (χ2v) is 6.26. The summed E-state index contributed by atoms with van der Waals surface area (Å²) in [7, 11) is 0. The van der Waals surface area contributed by atoms with Gasteiger partial charge >= 0.3 is 0 Å². The van der Waals surface area contributed by atoms with E-state index in [4.69, 9.17) is 5.73 Å². The number of hydrogen-bond acceptors (Lipinski definition) is 5. The Morgan fingerprint density at radius 2 is 1.83 bits per heavy atom. The molecule has 0 saturated heterocycles. The van der Waals surface area contributed by atoms with Crippen LogP contribution in [0.25, 0.3) is 0 Å². The summed E-state index contributed by atoms with van der Waals surface area (Å²) < 4.78 is 0. The molecule has 0 amide bonds. The summed E-state index contributed by atoms with van der Waals surface area (Å²) in [5.74, 6) is 7.17. The number of aromatic nitrogens is 2. The van der Waals surface area contributed by atoms with Gasteiger partial charge in [0.1, 0.15) is 5.82 Å². The molecule has 0 spiro atoms. The van der Waals surface area contributed by atoms with Crippen molar-refractivity contribution in [2.24, 2.45) is 0 Å². The first kappa shape index (κ1) is 16.3. The van der Waals surface area contributed by atoms with Gasteiger partial charge in [-0.15, -0.1) is 0 Å². The highest BCUT2D eigenvalue weighted by molar-refractivity contribution is 5.57.